The molecule has 0 saturated carbocycles. The summed E-state index contributed by atoms with van der Waals surface area (Å²) in [6.45, 7) is 0. The summed E-state index contributed by atoms with van der Waals surface area (Å²) in [6, 6.07) is 8.14. The molecule has 0 heterocycles. The van der Waals surface area contributed by atoms with Gasteiger partial charge in [-0.1, -0.05) is 24.3 Å². The van der Waals surface area contributed by atoms with Crippen molar-refractivity contribution >= 4 is 27.4 Å². The fraction of sp³-hybridized carbons (Fsp3) is 0. The van der Waals surface area contributed by atoms with Crippen LogP contribution in [0.3, 0.4) is 0 Å². The number of ketones is 2. The highest BCUT2D eigenvalue weighted by molar-refractivity contribution is 7.86. The lowest BCUT2D eigenvalue weighted by Crippen LogP contribution is -2.22. The quantitative estimate of drug-likeness (QED) is 0.528. The van der Waals surface area contributed by atoms with Crippen molar-refractivity contribution in [2.45, 2.75) is 4.90 Å². The fourth-order valence-corrected chi connectivity index (χ4v) is 2.97. The Kier molecular flexibility index (Phi) is 2.72. The Morgan fingerprint density at radius 1 is 0.857 bits per heavy atom. The predicted octanol–water partition coefficient (Wildman–Crippen LogP) is 0.948. The average molecular weight is 302 g/mol. The maximum Gasteiger partial charge on any atom is 0.194 e. The van der Waals surface area contributed by atoms with Crippen LogP contribution in [0.2, 0.25) is 0 Å². The van der Waals surface area contributed by atoms with Crippen LogP contribution < -0.4 is 5.73 Å². The molecule has 0 aromatic heterocycles. The summed E-state index contributed by atoms with van der Waals surface area (Å²) in [5, 5.41) is 0. The molecule has 0 aliphatic heterocycles. The van der Waals surface area contributed by atoms with E-state index < -0.39 is 26.6 Å². The molecule has 106 valence electrons. The summed E-state index contributed by atoms with van der Waals surface area (Å²) in [5.74, 6) is -0.938. The van der Waals surface area contributed by atoms with Gasteiger partial charge in [0.2, 0.25) is 0 Å². The van der Waals surface area contributed by atoms with Gasteiger partial charge in [-0.25, -0.2) is 8.42 Å². The number of benzene rings is 2. The number of rotatable bonds is 1. The van der Waals surface area contributed by atoms with E-state index in [1.165, 1.54) is 12.1 Å². The number of nitrogens with two attached hydrogens (primary N) is 1. The maximum absolute atomic E-state index is 12.4. The van der Waals surface area contributed by atoms with Crippen LogP contribution in [0.4, 0.5) is 5.69 Å². The molecule has 2 aromatic rings. The van der Waals surface area contributed by atoms with Crippen molar-refractivity contribution in [2.24, 2.45) is 0 Å². The van der Waals surface area contributed by atoms with Gasteiger partial charge in [0.1, 0.15) is 10.1 Å². The Morgan fingerprint density at radius 2 is 1.33 bits per heavy atom. The van der Waals surface area contributed by atoms with Gasteiger partial charge >= 0.3 is 0 Å². The minimum absolute atomic E-state index is 0.00333. The number of hydrogen-bond donors (Lipinski definition) is 1. The third kappa shape index (κ3) is 1.94. The Bertz CT molecular complexity index is 915. The topological polar surface area (TPSA) is 117 Å². The van der Waals surface area contributed by atoms with Crippen LogP contribution in [-0.4, -0.2) is 24.5 Å². The molecule has 0 unspecified atom stereocenters. The molecule has 7 heteroatoms. The van der Waals surface area contributed by atoms with Crippen molar-refractivity contribution in [3.63, 3.8) is 0 Å². The molecule has 0 spiro atoms. The highest BCUT2D eigenvalue weighted by Crippen LogP contribution is 2.31. The lowest BCUT2D eigenvalue weighted by Gasteiger charge is -2.20. The standard InChI is InChI=1S/C14H9NO5S/c15-11-5-9-10(6-12(11)21(18,19)20)14(17)8-4-2-1-3-7(8)13(9)16/h1-6H,15H2,(H,18,19,20)/p-1. The highest BCUT2D eigenvalue weighted by Gasteiger charge is 2.30. The number of carbonyl (C=O) groups excluding carboxylic acids is 2. The predicted molar refractivity (Wildman–Crippen MR) is 72.1 cm³/mol. The average Bonchev–Trinajstić information content (AvgIpc) is 2.43. The van der Waals surface area contributed by atoms with Gasteiger partial charge in [-0.3, -0.25) is 9.59 Å². The summed E-state index contributed by atoms with van der Waals surface area (Å²) in [7, 11) is -4.82. The minimum Gasteiger partial charge on any atom is -0.744 e. The number of nitrogen functional groups attached to an aromatic ring is 1. The molecule has 0 fully saturated rings. The number of fused-ring (bicyclic) bond motifs is 2. The fourth-order valence-electron chi connectivity index (χ4n) is 2.36. The summed E-state index contributed by atoms with van der Waals surface area (Å²) in [6.07, 6.45) is 0. The number of carbonyl (C=O) groups is 2. The van der Waals surface area contributed by atoms with Crippen molar-refractivity contribution in [3.8, 4) is 0 Å². The highest BCUT2D eigenvalue weighted by atomic mass is 32.2. The van der Waals surface area contributed by atoms with Gasteiger partial charge in [0.05, 0.1) is 4.90 Å². The smallest absolute Gasteiger partial charge is 0.194 e. The van der Waals surface area contributed by atoms with E-state index >= 15 is 0 Å². The Labute approximate surface area is 120 Å². The molecule has 3 rings (SSSR count). The van der Waals surface area contributed by atoms with Gasteiger partial charge < -0.3 is 10.3 Å². The molecule has 2 aromatic carbocycles. The SMILES string of the molecule is Nc1cc2c(cc1S(=O)(=O)[O-])C(=O)c1ccccc1C2=O. The first-order chi connectivity index (χ1) is 9.80. The molecule has 6 nitrogen and oxygen atoms in total. The Hall–Kier alpha value is -2.51. The normalized spacial score (nSPS) is 13.8. The van der Waals surface area contributed by atoms with Gasteiger partial charge in [0, 0.05) is 27.9 Å². The van der Waals surface area contributed by atoms with E-state index in [1.54, 1.807) is 12.1 Å². The van der Waals surface area contributed by atoms with Crippen molar-refractivity contribution in [1.29, 1.82) is 0 Å². The van der Waals surface area contributed by atoms with Crippen molar-refractivity contribution < 1.29 is 22.6 Å². The second-order valence-corrected chi connectivity index (χ2v) is 5.94. The first-order valence-corrected chi connectivity index (χ1v) is 7.29. The second-order valence-electron chi connectivity index (χ2n) is 4.59. The summed E-state index contributed by atoms with van der Waals surface area (Å²) >= 11 is 0. The van der Waals surface area contributed by atoms with Gasteiger partial charge in [0.25, 0.3) is 0 Å². The second kappa shape index (κ2) is 4.24. The van der Waals surface area contributed by atoms with E-state index in [4.69, 9.17) is 5.73 Å². The molecule has 2 N–H and O–H groups in total. The molecule has 0 atom stereocenters. The van der Waals surface area contributed by atoms with Gasteiger partial charge in [-0.15, -0.1) is 0 Å². The summed E-state index contributed by atoms with van der Waals surface area (Å²) in [4.78, 5) is 24.0. The molecular weight excluding hydrogens is 294 g/mol. The number of anilines is 1. The van der Waals surface area contributed by atoms with Crippen LogP contribution in [0.25, 0.3) is 0 Å². The lowest BCUT2D eigenvalue weighted by molar-refractivity contribution is 0.0979. The molecule has 0 radical (unpaired) electrons. The summed E-state index contributed by atoms with van der Waals surface area (Å²) < 4.78 is 33.4. The molecule has 0 bridgehead atoms. The van der Waals surface area contributed by atoms with E-state index in [9.17, 15) is 22.6 Å². The first-order valence-electron chi connectivity index (χ1n) is 5.88. The van der Waals surface area contributed by atoms with Gasteiger partial charge in [0.15, 0.2) is 11.6 Å². The molecule has 1 aliphatic rings. The zero-order valence-electron chi connectivity index (χ0n) is 10.5. The molecule has 1 aliphatic carbocycles. The van der Waals surface area contributed by atoms with Crippen molar-refractivity contribution in [2.75, 3.05) is 5.73 Å². The zero-order chi connectivity index (χ0) is 15.4. The Morgan fingerprint density at radius 3 is 1.81 bits per heavy atom. The van der Waals surface area contributed by atoms with Gasteiger partial charge in [-0.2, -0.15) is 0 Å². The number of hydrogen-bond acceptors (Lipinski definition) is 6. The van der Waals surface area contributed by atoms with Crippen molar-refractivity contribution in [3.05, 3.63) is 58.7 Å². The van der Waals surface area contributed by atoms with E-state index in [-0.39, 0.29) is 27.9 Å². The van der Waals surface area contributed by atoms with Crippen LogP contribution in [0, 0.1) is 0 Å². The third-order valence-electron chi connectivity index (χ3n) is 3.32. The van der Waals surface area contributed by atoms with Crippen LogP contribution in [0.5, 0.6) is 0 Å². The molecule has 0 saturated heterocycles. The third-order valence-corrected chi connectivity index (χ3v) is 4.22. The summed E-state index contributed by atoms with van der Waals surface area (Å²) in [5.41, 5.74) is 5.46. The van der Waals surface area contributed by atoms with E-state index in [1.807, 2.05) is 0 Å². The van der Waals surface area contributed by atoms with Gasteiger partial charge in [-0.05, 0) is 12.1 Å². The lowest BCUT2D eigenvalue weighted by atomic mass is 9.84. The largest absolute Gasteiger partial charge is 0.744 e. The molecular formula is C14H8NO5S-. The molecule has 0 amide bonds. The zero-order valence-corrected chi connectivity index (χ0v) is 11.3. The van der Waals surface area contributed by atoms with Crippen LogP contribution in [0.1, 0.15) is 31.8 Å². The minimum atomic E-state index is -4.82. The van der Waals surface area contributed by atoms with E-state index in [0.717, 1.165) is 12.1 Å². The Balaban J connectivity index is 2.34. The van der Waals surface area contributed by atoms with E-state index in [2.05, 4.69) is 0 Å². The van der Waals surface area contributed by atoms with E-state index in [0.29, 0.717) is 0 Å². The van der Waals surface area contributed by atoms with Crippen LogP contribution in [0.15, 0.2) is 41.3 Å². The van der Waals surface area contributed by atoms with Crippen LogP contribution in [-0.2, 0) is 10.1 Å². The monoisotopic (exact) mass is 302 g/mol. The van der Waals surface area contributed by atoms with Crippen LogP contribution >= 0.6 is 0 Å². The van der Waals surface area contributed by atoms with Crippen molar-refractivity contribution in [1.82, 2.24) is 0 Å². The molecule has 21 heavy (non-hydrogen) atoms. The maximum atomic E-state index is 12.4. The first kappa shape index (κ1) is 13.5.